The molecule has 2 N–H and O–H groups in total. The predicted molar refractivity (Wildman–Crippen MR) is 113 cm³/mol. The number of carbonyl (C=O) groups excluding carboxylic acids is 1. The second-order valence-corrected chi connectivity index (χ2v) is 8.24. The van der Waals surface area contributed by atoms with E-state index in [0.29, 0.717) is 23.7 Å². The molecule has 1 aromatic carbocycles. The fourth-order valence-corrected chi connectivity index (χ4v) is 4.23. The molecule has 0 atom stereocenters. The first-order valence-corrected chi connectivity index (χ1v) is 10.3. The summed E-state index contributed by atoms with van der Waals surface area (Å²) in [5.74, 6) is -0.621. The van der Waals surface area contributed by atoms with Crippen molar-refractivity contribution in [1.82, 2.24) is 14.8 Å². The van der Waals surface area contributed by atoms with E-state index in [1.807, 2.05) is 0 Å². The molecule has 1 fully saturated rings. The minimum Gasteiger partial charge on any atom is -0.478 e. The van der Waals surface area contributed by atoms with Gasteiger partial charge < -0.3 is 15.0 Å². The number of piperidine rings is 1. The van der Waals surface area contributed by atoms with Gasteiger partial charge in [0.2, 0.25) is 5.91 Å². The van der Waals surface area contributed by atoms with Crippen LogP contribution in [0.3, 0.4) is 0 Å². The van der Waals surface area contributed by atoms with Gasteiger partial charge in [-0.1, -0.05) is 29.8 Å². The van der Waals surface area contributed by atoms with Crippen molar-refractivity contribution in [3.63, 3.8) is 0 Å². The first-order chi connectivity index (χ1) is 13.8. The van der Waals surface area contributed by atoms with Crippen molar-refractivity contribution in [3.05, 3.63) is 58.4 Å². The minimum atomic E-state index is -0.980. The molecule has 0 bridgehead atoms. The van der Waals surface area contributed by atoms with Crippen LogP contribution in [0.1, 0.15) is 45.6 Å². The number of nitrogens with one attached hydrogen (secondary N) is 1. The van der Waals surface area contributed by atoms with E-state index in [1.54, 1.807) is 24.7 Å². The monoisotopic (exact) mass is 397 g/mol. The summed E-state index contributed by atoms with van der Waals surface area (Å²) in [6, 6.07) is 8.64. The zero-order valence-corrected chi connectivity index (χ0v) is 17.6. The van der Waals surface area contributed by atoms with Gasteiger partial charge in [0.1, 0.15) is 0 Å². The standard InChI is InChI=1S/C23H31N3O3/c1-16-5-4-6-19(11-16)15-26-9-7-18(8-10-26)13-24-21(27)12-20-22(23(28)29)17(2)14-25(20)3/h4-6,11,14,18H,7-10,12-13,15H2,1-3H3,(H,24,27)(H,28,29). The lowest BCUT2D eigenvalue weighted by molar-refractivity contribution is -0.120. The van der Waals surface area contributed by atoms with Crippen LogP contribution in [-0.4, -0.2) is 46.1 Å². The fourth-order valence-electron chi connectivity index (χ4n) is 4.23. The lowest BCUT2D eigenvalue weighted by atomic mass is 9.96. The molecule has 3 rings (SSSR count). The Kier molecular flexibility index (Phi) is 6.75. The number of likely N-dealkylation sites (tertiary alicyclic amines) is 1. The summed E-state index contributed by atoms with van der Waals surface area (Å²) in [4.78, 5) is 26.3. The molecule has 2 heterocycles. The van der Waals surface area contributed by atoms with Gasteiger partial charge in [-0.15, -0.1) is 0 Å². The van der Waals surface area contributed by atoms with Crippen molar-refractivity contribution >= 4 is 11.9 Å². The van der Waals surface area contributed by atoms with Crippen LogP contribution in [0.4, 0.5) is 0 Å². The number of aryl methyl sites for hydroxylation is 3. The van der Waals surface area contributed by atoms with E-state index < -0.39 is 5.97 Å². The highest BCUT2D eigenvalue weighted by atomic mass is 16.4. The summed E-state index contributed by atoms with van der Waals surface area (Å²) >= 11 is 0. The van der Waals surface area contributed by atoms with Crippen LogP contribution in [0.5, 0.6) is 0 Å². The predicted octanol–water partition coefficient (Wildman–Crippen LogP) is 2.91. The van der Waals surface area contributed by atoms with Crippen molar-refractivity contribution in [2.24, 2.45) is 13.0 Å². The second kappa shape index (κ2) is 9.27. The summed E-state index contributed by atoms with van der Waals surface area (Å²) in [5.41, 5.74) is 4.12. The minimum absolute atomic E-state index is 0.0954. The van der Waals surface area contributed by atoms with Gasteiger partial charge >= 0.3 is 5.97 Å². The highest BCUT2D eigenvalue weighted by molar-refractivity contribution is 5.93. The first kappa shape index (κ1) is 21.1. The smallest absolute Gasteiger partial charge is 0.337 e. The Morgan fingerprint density at radius 1 is 1.21 bits per heavy atom. The number of carboxylic acid groups (broad SMARTS) is 1. The van der Waals surface area contributed by atoms with Crippen molar-refractivity contribution < 1.29 is 14.7 Å². The summed E-state index contributed by atoms with van der Waals surface area (Å²) in [5, 5.41) is 12.4. The van der Waals surface area contributed by atoms with E-state index >= 15 is 0 Å². The van der Waals surface area contributed by atoms with Crippen molar-refractivity contribution in [2.75, 3.05) is 19.6 Å². The zero-order valence-electron chi connectivity index (χ0n) is 17.6. The van der Waals surface area contributed by atoms with Gasteiger partial charge in [-0.25, -0.2) is 4.79 Å². The number of carboxylic acids is 1. The summed E-state index contributed by atoms with van der Waals surface area (Å²) in [7, 11) is 1.78. The SMILES string of the molecule is Cc1cccc(CN2CCC(CNC(=O)Cc3c(C(=O)O)c(C)cn3C)CC2)c1. The lowest BCUT2D eigenvalue weighted by Crippen LogP contribution is -2.38. The molecule has 1 saturated heterocycles. The van der Waals surface area contributed by atoms with Crippen LogP contribution in [-0.2, 0) is 24.8 Å². The number of carbonyl (C=O) groups is 2. The highest BCUT2D eigenvalue weighted by Crippen LogP contribution is 2.20. The van der Waals surface area contributed by atoms with Crippen LogP contribution in [0.15, 0.2) is 30.5 Å². The lowest BCUT2D eigenvalue weighted by Gasteiger charge is -2.32. The molecule has 1 aliphatic rings. The third kappa shape index (κ3) is 5.48. The topological polar surface area (TPSA) is 74.6 Å². The Bertz CT molecular complexity index is 879. The molecule has 1 aliphatic heterocycles. The Balaban J connectivity index is 1.45. The maximum absolute atomic E-state index is 12.4. The number of hydrogen-bond donors (Lipinski definition) is 2. The van der Waals surface area contributed by atoms with Crippen LogP contribution < -0.4 is 5.32 Å². The molecule has 156 valence electrons. The molecule has 6 heteroatoms. The molecular weight excluding hydrogens is 366 g/mol. The van der Waals surface area contributed by atoms with E-state index in [2.05, 4.69) is 41.4 Å². The van der Waals surface area contributed by atoms with Crippen LogP contribution in [0, 0.1) is 19.8 Å². The Labute approximate surface area is 172 Å². The van der Waals surface area contributed by atoms with Crippen LogP contribution in [0.2, 0.25) is 0 Å². The molecule has 0 unspecified atom stereocenters. The van der Waals surface area contributed by atoms with Gasteiger partial charge in [-0.3, -0.25) is 9.69 Å². The summed E-state index contributed by atoms with van der Waals surface area (Å²) < 4.78 is 1.74. The number of aromatic nitrogens is 1. The molecule has 6 nitrogen and oxygen atoms in total. The number of aromatic carboxylic acids is 1. The second-order valence-electron chi connectivity index (χ2n) is 8.24. The van der Waals surface area contributed by atoms with Gasteiger partial charge in [0.25, 0.3) is 0 Å². The maximum atomic E-state index is 12.4. The van der Waals surface area contributed by atoms with Gasteiger partial charge in [-0.05, 0) is 56.8 Å². The van der Waals surface area contributed by atoms with E-state index in [1.165, 1.54) is 11.1 Å². The number of nitrogens with zero attached hydrogens (tertiary/aromatic N) is 2. The van der Waals surface area contributed by atoms with Crippen molar-refractivity contribution in [1.29, 1.82) is 0 Å². The number of rotatable bonds is 7. The summed E-state index contributed by atoms with van der Waals surface area (Å²) in [6.45, 7) is 7.59. The van der Waals surface area contributed by atoms with E-state index in [0.717, 1.165) is 32.5 Å². The molecule has 2 aromatic rings. The third-order valence-electron chi connectivity index (χ3n) is 5.82. The third-order valence-corrected chi connectivity index (χ3v) is 5.82. The molecular formula is C23H31N3O3. The molecule has 0 aliphatic carbocycles. The molecule has 29 heavy (non-hydrogen) atoms. The molecule has 1 amide bonds. The zero-order chi connectivity index (χ0) is 21.0. The van der Waals surface area contributed by atoms with Gasteiger partial charge in [0, 0.05) is 32.0 Å². The Morgan fingerprint density at radius 2 is 1.93 bits per heavy atom. The quantitative estimate of drug-likeness (QED) is 0.753. The highest BCUT2D eigenvalue weighted by Gasteiger charge is 2.22. The van der Waals surface area contributed by atoms with Crippen molar-refractivity contribution in [2.45, 2.75) is 39.7 Å². The van der Waals surface area contributed by atoms with E-state index in [9.17, 15) is 14.7 Å². The Hall–Kier alpha value is -2.60. The molecule has 0 radical (unpaired) electrons. The normalized spacial score (nSPS) is 15.4. The van der Waals surface area contributed by atoms with Gasteiger partial charge in [0.15, 0.2) is 0 Å². The van der Waals surface area contributed by atoms with Crippen LogP contribution >= 0.6 is 0 Å². The molecule has 0 spiro atoms. The Morgan fingerprint density at radius 3 is 2.59 bits per heavy atom. The largest absolute Gasteiger partial charge is 0.478 e. The van der Waals surface area contributed by atoms with Crippen molar-refractivity contribution in [3.8, 4) is 0 Å². The number of hydrogen-bond acceptors (Lipinski definition) is 3. The number of amides is 1. The van der Waals surface area contributed by atoms with E-state index in [4.69, 9.17) is 0 Å². The average molecular weight is 398 g/mol. The summed E-state index contributed by atoms with van der Waals surface area (Å²) in [6.07, 6.45) is 3.99. The fraction of sp³-hybridized carbons (Fsp3) is 0.478. The molecule has 1 aromatic heterocycles. The molecule has 0 saturated carbocycles. The van der Waals surface area contributed by atoms with Gasteiger partial charge in [-0.2, -0.15) is 0 Å². The average Bonchev–Trinajstić information content (AvgIpc) is 2.94. The maximum Gasteiger partial charge on any atom is 0.337 e. The van der Waals surface area contributed by atoms with Gasteiger partial charge in [0.05, 0.1) is 12.0 Å². The number of benzene rings is 1. The van der Waals surface area contributed by atoms with E-state index in [-0.39, 0.29) is 17.9 Å². The first-order valence-electron chi connectivity index (χ1n) is 10.3. The van der Waals surface area contributed by atoms with Crippen LogP contribution in [0.25, 0.3) is 0 Å².